The number of benzene rings is 2. The normalized spacial score (nSPS) is 14.0. The zero-order chi connectivity index (χ0) is 21.1. The van der Waals surface area contributed by atoms with Crippen molar-refractivity contribution in [1.29, 1.82) is 0 Å². The molecule has 0 spiro atoms. The Hall–Kier alpha value is -2.73. The maximum atomic E-state index is 13.3. The topological polar surface area (TPSA) is 55.8 Å². The Morgan fingerprint density at radius 2 is 1.62 bits per heavy atom. The number of imide groups is 1. The summed E-state index contributed by atoms with van der Waals surface area (Å²) in [5, 5.41) is 0. The Balaban J connectivity index is 1.96. The summed E-state index contributed by atoms with van der Waals surface area (Å²) in [6.45, 7) is 6.19. The van der Waals surface area contributed by atoms with Crippen LogP contribution in [-0.2, 0) is 16.1 Å². The standard InChI is InChI=1S/C23H25NO4S/c1-6-29-21-20(17-9-7-14(2)15(3)11-17)22(25)24(23(21)26)13-16-8-10-18(27-4)19(12-16)28-5/h7-12H,6,13H2,1-5H3. The number of carbonyl (C=O) groups excluding carboxylic acids is 2. The van der Waals surface area contributed by atoms with Crippen LogP contribution >= 0.6 is 11.8 Å². The Kier molecular flexibility index (Phi) is 6.33. The molecule has 0 saturated heterocycles. The van der Waals surface area contributed by atoms with Crippen LogP contribution in [-0.4, -0.2) is 36.7 Å². The summed E-state index contributed by atoms with van der Waals surface area (Å²) >= 11 is 1.41. The zero-order valence-electron chi connectivity index (χ0n) is 17.4. The van der Waals surface area contributed by atoms with E-state index in [0.29, 0.717) is 27.7 Å². The Labute approximate surface area is 175 Å². The van der Waals surface area contributed by atoms with Crippen LogP contribution in [0.5, 0.6) is 11.5 Å². The lowest BCUT2D eigenvalue weighted by molar-refractivity contribution is -0.137. The summed E-state index contributed by atoms with van der Waals surface area (Å²) in [7, 11) is 3.13. The predicted molar refractivity (Wildman–Crippen MR) is 116 cm³/mol. The van der Waals surface area contributed by atoms with Crippen LogP contribution < -0.4 is 9.47 Å². The maximum Gasteiger partial charge on any atom is 0.268 e. The number of nitrogens with zero attached hydrogens (tertiary/aromatic N) is 1. The molecule has 0 atom stereocenters. The van der Waals surface area contributed by atoms with Crippen LogP contribution in [0.4, 0.5) is 0 Å². The molecule has 2 aromatic rings. The number of thioether (sulfide) groups is 1. The third-order valence-electron chi connectivity index (χ3n) is 5.00. The van der Waals surface area contributed by atoms with Gasteiger partial charge in [0.05, 0.1) is 31.2 Å². The van der Waals surface area contributed by atoms with Crippen LogP contribution in [0.15, 0.2) is 41.3 Å². The number of aryl methyl sites for hydroxylation is 2. The highest BCUT2D eigenvalue weighted by molar-refractivity contribution is 8.04. The van der Waals surface area contributed by atoms with Crippen molar-refractivity contribution >= 4 is 29.1 Å². The monoisotopic (exact) mass is 411 g/mol. The van der Waals surface area contributed by atoms with Gasteiger partial charge in [-0.25, -0.2) is 0 Å². The lowest BCUT2D eigenvalue weighted by atomic mass is 10.0. The van der Waals surface area contributed by atoms with E-state index in [2.05, 4.69) is 0 Å². The van der Waals surface area contributed by atoms with Gasteiger partial charge in [0.2, 0.25) is 0 Å². The lowest BCUT2D eigenvalue weighted by Gasteiger charge is -2.17. The molecule has 5 nitrogen and oxygen atoms in total. The highest BCUT2D eigenvalue weighted by Crippen LogP contribution is 2.37. The number of carbonyl (C=O) groups is 2. The Morgan fingerprint density at radius 1 is 0.897 bits per heavy atom. The van der Waals surface area contributed by atoms with Crippen molar-refractivity contribution in [1.82, 2.24) is 4.90 Å². The van der Waals surface area contributed by atoms with E-state index in [4.69, 9.17) is 9.47 Å². The average molecular weight is 412 g/mol. The molecule has 1 aliphatic heterocycles. The van der Waals surface area contributed by atoms with Gasteiger partial charge in [0.15, 0.2) is 11.5 Å². The Bertz CT molecular complexity index is 996. The molecule has 1 heterocycles. The average Bonchev–Trinajstić information content (AvgIpc) is 2.94. The molecule has 2 aromatic carbocycles. The summed E-state index contributed by atoms with van der Waals surface area (Å²) in [6.07, 6.45) is 0. The molecule has 2 amide bonds. The minimum absolute atomic E-state index is 0.181. The Morgan fingerprint density at radius 3 is 2.24 bits per heavy atom. The van der Waals surface area contributed by atoms with Crippen LogP contribution in [0, 0.1) is 13.8 Å². The fraction of sp³-hybridized carbons (Fsp3) is 0.304. The predicted octanol–water partition coefficient (Wildman–Crippen LogP) is 4.35. The molecule has 1 aliphatic rings. The van der Waals surface area contributed by atoms with Crippen LogP contribution in [0.1, 0.15) is 29.2 Å². The van der Waals surface area contributed by atoms with E-state index in [-0.39, 0.29) is 18.4 Å². The van der Waals surface area contributed by atoms with Crippen molar-refractivity contribution in [2.75, 3.05) is 20.0 Å². The van der Waals surface area contributed by atoms with Gasteiger partial charge in [-0.3, -0.25) is 14.5 Å². The van der Waals surface area contributed by atoms with Gasteiger partial charge in [0, 0.05) is 0 Å². The van der Waals surface area contributed by atoms with Gasteiger partial charge in [-0.15, -0.1) is 11.8 Å². The summed E-state index contributed by atoms with van der Waals surface area (Å²) < 4.78 is 10.6. The first-order valence-electron chi connectivity index (χ1n) is 9.43. The van der Waals surface area contributed by atoms with Crippen LogP contribution in [0.25, 0.3) is 5.57 Å². The summed E-state index contributed by atoms with van der Waals surface area (Å²) in [5.74, 6) is 1.38. The number of rotatable bonds is 7. The number of amides is 2. The number of hydrogen-bond acceptors (Lipinski definition) is 5. The molecule has 0 aliphatic carbocycles. The van der Waals surface area contributed by atoms with Gasteiger partial charge in [-0.05, 0) is 54.0 Å². The minimum Gasteiger partial charge on any atom is -0.493 e. The van der Waals surface area contributed by atoms with Crippen molar-refractivity contribution in [3.05, 3.63) is 63.6 Å². The maximum absolute atomic E-state index is 13.3. The van der Waals surface area contributed by atoms with E-state index in [1.165, 1.54) is 16.7 Å². The van der Waals surface area contributed by atoms with Gasteiger partial charge in [-0.1, -0.05) is 31.2 Å². The van der Waals surface area contributed by atoms with Gasteiger partial charge >= 0.3 is 0 Å². The molecule has 152 valence electrons. The first-order valence-corrected chi connectivity index (χ1v) is 10.4. The van der Waals surface area contributed by atoms with Gasteiger partial charge < -0.3 is 9.47 Å². The van der Waals surface area contributed by atoms with E-state index in [1.54, 1.807) is 26.4 Å². The molecule has 0 N–H and O–H groups in total. The van der Waals surface area contributed by atoms with Crippen molar-refractivity contribution in [2.45, 2.75) is 27.3 Å². The second-order valence-electron chi connectivity index (χ2n) is 6.82. The third-order valence-corrected chi connectivity index (χ3v) is 5.95. The summed E-state index contributed by atoms with van der Waals surface area (Å²) in [4.78, 5) is 28.2. The fourth-order valence-corrected chi connectivity index (χ4v) is 4.16. The molecule has 0 radical (unpaired) electrons. The number of ether oxygens (including phenoxy) is 2. The van der Waals surface area contributed by atoms with E-state index < -0.39 is 0 Å². The van der Waals surface area contributed by atoms with Crippen LogP contribution in [0.2, 0.25) is 0 Å². The molecule has 0 saturated carbocycles. The van der Waals surface area contributed by atoms with E-state index in [1.807, 2.05) is 45.0 Å². The first kappa shape index (κ1) is 21.0. The van der Waals surface area contributed by atoms with Crippen molar-refractivity contribution in [2.24, 2.45) is 0 Å². The summed E-state index contributed by atoms with van der Waals surface area (Å²) in [5.41, 5.74) is 4.32. The first-order chi connectivity index (χ1) is 13.9. The van der Waals surface area contributed by atoms with Gasteiger partial charge in [0.25, 0.3) is 11.8 Å². The smallest absolute Gasteiger partial charge is 0.268 e. The van der Waals surface area contributed by atoms with Crippen molar-refractivity contribution in [3.8, 4) is 11.5 Å². The van der Waals surface area contributed by atoms with E-state index >= 15 is 0 Å². The van der Waals surface area contributed by atoms with E-state index in [9.17, 15) is 9.59 Å². The van der Waals surface area contributed by atoms with Gasteiger partial charge in [0.1, 0.15) is 0 Å². The number of hydrogen-bond donors (Lipinski definition) is 0. The molecule has 3 rings (SSSR count). The zero-order valence-corrected chi connectivity index (χ0v) is 18.2. The molecular weight excluding hydrogens is 386 g/mol. The second kappa shape index (κ2) is 8.74. The molecular formula is C23H25NO4S. The van der Waals surface area contributed by atoms with E-state index in [0.717, 1.165) is 22.3 Å². The highest BCUT2D eigenvalue weighted by atomic mass is 32.2. The highest BCUT2D eigenvalue weighted by Gasteiger charge is 2.39. The van der Waals surface area contributed by atoms with Crippen LogP contribution in [0.3, 0.4) is 0 Å². The molecule has 29 heavy (non-hydrogen) atoms. The molecule has 0 unspecified atom stereocenters. The fourth-order valence-electron chi connectivity index (χ4n) is 3.29. The second-order valence-corrected chi connectivity index (χ2v) is 8.10. The molecule has 0 aromatic heterocycles. The number of methoxy groups -OCH3 is 2. The third kappa shape index (κ3) is 4.03. The molecule has 0 bridgehead atoms. The van der Waals surface area contributed by atoms with Crippen molar-refractivity contribution < 1.29 is 19.1 Å². The largest absolute Gasteiger partial charge is 0.493 e. The summed E-state index contributed by atoms with van der Waals surface area (Å²) in [6, 6.07) is 11.3. The minimum atomic E-state index is -0.260. The van der Waals surface area contributed by atoms with Crippen molar-refractivity contribution in [3.63, 3.8) is 0 Å². The van der Waals surface area contributed by atoms with Gasteiger partial charge in [-0.2, -0.15) is 0 Å². The lowest BCUT2D eigenvalue weighted by Crippen LogP contribution is -2.31. The molecule has 6 heteroatoms. The quantitative estimate of drug-likeness (QED) is 0.634. The SMILES string of the molecule is CCSC1=C(c2ccc(C)c(C)c2)C(=O)N(Cc2ccc(OC)c(OC)c2)C1=O. The molecule has 0 fully saturated rings.